The number of benzene rings is 1. The van der Waals surface area contributed by atoms with Crippen LogP contribution in [0.5, 0.6) is 17.4 Å². The third-order valence-corrected chi connectivity index (χ3v) is 5.74. The Hall–Kier alpha value is -4.03. The molecule has 4 rings (SSSR count). The second-order valence-electron chi connectivity index (χ2n) is 10.0. The Morgan fingerprint density at radius 3 is 2.55 bits per heavy atom. The summed E-state index contributed by atoms with van der Waals surface area (Å²) in [6, 6.07) is 6.33. The van der Waals surface area contributed by atoms with Crippen LogP contribution in [0.2, 0.25) is 0 Å². The number of nitrogens with one attached hydrogen (secondary N) is 1. The molecule has 2 heterocycles. The van der Waals surface area contributed by atoms with E-state index in [0.29, 0.717) is 29.8 Å². The zero-order valence-corrected chi connectivity index (χ0v) is 21.9. The number of aliphatic hydroxyl groups excluding tert-OH is 1. The molecule has 1 aliphatic carbocycles. The predicted molar refractivity (Wildman–Crippen MR) is 140 cm³/mol. The van der Waals surface area contributed by atoms with Gasteiger partial charge < -0.3 is 25.6 Å². The van der Waals surface area contributed by atoms with Gasteiger partial charge in [0.25, 0.3) is 5.91 Å². The van der Waals surface area contributed by atoms with Crippen molar-refractivity contribution in [2.45, 2.75) is 45.3 Å². The van der Waals surface area contributed by atoms with Crippen molar-refractivity contribution in [2.75, 3.05) is 23.4 Å². The van der Waals surface area contributed by atoms with E-state index < -0.39 is 17.6 Å². The standard InChI is InChI=1S/C26H33N7O5/c1-16(15-34)37-19-9-18(24(35)30-21-7-8-32(4)31-21)10-20(11-19)38-23-13-28-22(12-29-23)33(14-17-5-6-17)25(36)26(2,3)27/h7-13,16-17,34H,5-6,14-15,27H2,1-4H3,(H,30,31,35)/t16-/m0/s1. The van der Waals surface area contributed by atoms with Gasteiger partial charge >= 0.3 is 0 Å². The van der Waals surface area contributed by atoms with Crippen molar-refractivity contribution in [1.29, 1.82) is 0 Å². The molecule has 12 heteroatoms. The molecule has 1 saturated carbocycles. The molecule has 4 N–H and O–H groups in total. The van der Waals surface area contributed by atoms with Crippen molar-refractivity contribution in [1.82, 2.24) is 19.7 Å². The van der Waals surface area contributed by atoms with Gasteiger partial charge in [-0.05, 0) is 51.7 Å². The molecule has 1 aromatic carbocycles. The number of aryl methyl sites for hydroxylation is 1. The summed E-state index contributed by atoms with van der Waals surface area (Å²) in [5.74, 6) is 1.30. The van der Waals surface area contributed by atoms with Crippen molar-refractivity contribution in [2.24, 2.45) is 18.7 Å². The van der Waals surface area contributed by atoms with Crippen LogP contribution in [0.1, 0.15) is 44.0 Å². The molecule has 202 valence electrons. The van der Waals surface area contributed by atoms with Gasteiger partial charge in [-0.2, -0.15) is 5.10 Å². The molecule has 38 heavy (non-hydrogen) atoms. The number of carbonyl (C=O) groups is 2. The van der Waals surface area contributed by atoms with Crippen molar-refractivity contribution in [3.05, 3.63) is 48.4 Å². The first kappa shape index (κ1) is 27.0. The fourth-order valence-corrected chi connectivity index (χ4v) is 3.58. The SMILES string of the molecule is C[C@@H](CO)Oc1cc(Oc2cnc(N(CC3CC3)C(=O)C(C)(C)N)cn2)cc(C(=O)Nc2ccn(C)n2)c1. The number of anilines is 2. The Labute approximate surface area is 220 Å². The summed E-state index contributed by atoms with van der Waals surface area (Å²) in [5.41, 5.74) is 5.27. The maximum Gasteiger partial charge on any atom is 0.257 e. The minimum absolute atomic E-state index is 0.156. The summed E-state index contributed by atoms with van der Waals surface area (Å²) in [4.78, 5) is 36.1. The molecule has 0 spiro atoms. The smallest absolute Gasteiger partial charge is 0.257 e. The lowest BCUT2D eigenvalue weighted by Crippen LogP contribution is -2.52. The molecule has 2 amide bonds. The highest BCUT2D eigenvalue weighted by Gasteiger charge is 2.34. The zero-order chi connectivity index (χ0) is 27.4. The maximum atomic E-state index is 12.9. The van der Waals surface area contributed by atoms with Gasteiger partial charge in [-0.1, -0.05) is 0 Å². The third-order valence-electron chi connectivity index (χ3n) is 5.74. The van der Waals surface area contributed by atoms with Crippen LogP contribution in [0.25, 0.3) is 0 Å². The van der Waals surface area contributed by atoms with Crippen LogP contribution in [-0.2, 0) is 11.8 Å². The van der Waals surface area contributed by atoms with Crippen molar-refractivity contribution in [3.63, 3.8) is 0 Å². The number of ether oxygens (including phenoxy) is 2. The van der Waals surface area contributed by atoms with Gasteiger partial charge in [0, 0.05) is 37.5 Å². The van der Waals surface area contributed by atoms with Crippen molar-refractivity contribution < 1.29 is 24.2 Å². The summed E-state index contributed by atoms with van der Waals surface area (Å²) in [7, 11) is 1.75. The van der Waals surface area contributed by atoms with Gasteiger partial charge in [0.05, 0.1) is 24.5 Å². The molecule has 12 nitrogen and oxygen atoms in total. The summed E-state index contributed by atoms with van der Waals surface area (Å²) in [6.07, 6.45) is 6.20. The van der Waals surface area contributed by atoms with E-state index in [1.165, 1.54) is 18.5 Å². The number of carbonyl (C=O) groups excluding carboxylic acids is 2. The lowest BCUT2D eigenvalue weighted by atomic mass is 10.1. The highest BCUT2D eigenvalue weighted by atomic mass is 16.5. The van der Waals surface area contributed by atoms with E-state index in [0.717, 1.165) is 12.8 Å². The number of aliphatic hydroxyl groups is 1. The lowest BCUT2D eigenvalue weighted by Gasteiger charge is -2.28. The van der Waals surface area contributed by atoms with Gasteiger partial charge in [-0.15, -0.1) is 0 Å². The Balaban J connectivity index is 1.55. The number of rotatable bonds is 11. The van der Waals surface area contributed by atoms with Crippen LogP contribution in [-0.4, -0.2) is 61.5 Å². The fourth-order valence-electron chi connectivity index (χ4n) is 3.58. The van der Waals surface area contributed by atoms with Crippen molar-refractivity contribution >= 4 is 23.5 Å². The average molecular weight is 524 g/mol. The number of nitrogens with two attached hydrogens (primary N) is 1. The molecule has 0 bridgehead atoms. The summed E-state index contributed by atoms with van der Waals surface area (Å²) < 4.78 is 13.2. The molecule has 0 radical (unpaired) electrons. The topological polar surface area (TPSA) is 158 Å². The van der Waals surface area contributed by atoms with Crippen LogP contribution in [0.4, 0.5) is 11.6 Å². The summed E-state index contributed by atoms with van der Waals surface area (Å²) in [6.45, 7) is 5.35. The van der Waals surface area contributed by atoms with E-state index >= 15 is 0 Å². The first-order valence-electron chi connectivity index (χ1n) is 12.4. The molecular formula is C26H33N7O5. The van der Waals surface area contributed by atoms with Gasteiger partial charge in [0.15, 0.2) is 11.6 Å². The first-order valence-corrected chi connectivity index (χ1v) is 12.4. The second kappa shape index (κ2) is 11.2. The summed E-state index contributed by atoms with van der Waals surface area (Å²) in [5, 5.41) is 16.3. The molecule has 2 aromatic heterocycles. The Morgan fingerprint density at radius 1 is 1.24 bits per heavy atom. The average Bonchev–Trinajstić information content (AvgIpc) is 3.60. The normalized spacial score (nSPS) is 14.1. The van der Waals surface area contributed by atoms with Crippen molar-refractivity contribution in [3.8, 4) is 17.4 Å². The van der Waals surface area contributed by atoms with Gasteiger partial charge in [0.2, 0.25) is 11.8 Å². The number of amides is 2. The van der Waals surface area contributed by atoms with Gasteiger partial charge in [-0.25, -0.2) is 9.97 Å². The maximum absolute atomic E-state index is 12.9. The monoisotopic (exact) mass is 523 g/mol. The van der Waals surface area contributed by atoms with E-state index in [1.54, 1.807) is 61.8 Å². The molecular weight excluding hydrogens is 490 g/mol. The number of aromatic nitrogens is 4. The Kier molecular flexibility index (Phi) is 7.93. The third kappa shape index (κ3) is 7.05. The van der Waals surface area contributed by atoms with Gasteiger partial charge in [-0.3, -0.25) is 19.2 Å². The van der Waals surface area contributed by atoms with E-state index in [4.69, 9.17) is 15.2 Å². The predicted octanol–water partition coefficient (Wildman–Crippen LogP) is 2.49. The van der Waals surface area contributed by atoms with Gasteiger partial charge in [0.1, 0.15) is 17.6 Å². The molecule has 0 unspecified atom stereocenters. The Morgan fingerprint density at radius 2 is 1.97 bits per heavy atom. The molecule has 3 aromatic rings. The first-order chi connectivity index (χ1) is 18.0. The second-order valence-corrected chi connectivity index (χ2v) is 10.0. The highest BCUT2D eigenvalue weighted by Crippen LogP contribution is 2.32. The largest absolute Gasteiger partial charge is 0.488 e. The highest BCUT2D eigenvalue weighted by molar-refractivity contribution is 6.04. The zero-order valence-electron chi connectivity index (χ0n) is 21.9. The molecule has 1 atom stereocenters. The molecule has 1 fully saturated rings. The van der Waals surface area contributed by atoms with E-state index in [9.17, 15) is 14.7 Å². The van der Waals surface area contributed by atoms with Crippen LogP contribution in [0.15, 0.2) is 42.9 Å². The minimum Gasteiger partial charge on any atom is -0.488 e. The van der Waals surface area contributed by atoms with E-state index in [2.05, 4.69) is 20.4 Å². The molecule has 0 aliphatic heterocycles. The minimum atomic E-state index is -1.05. The number of hydrogen-bond donors (Lipinski definition) is 3. The number of nitrogens with zero attached hydrogens (tertiary/aromatic N) is 5. The lowest BCUT2D eigenvalue weighted by molar-refractivity contribution is -0.122. The quantitative estimate of drug-likeness (QED) is 0.343. The fraction of sp³-hybridized carbons (Fsp3) is 0.423. The number of hydrogen-bond acceptors (Lipinski definition) is 9. The van der Waals surface area contributed by atoms with Crippen LogP contribution >= 0.6 is 0 Å². The van der Waals surface area contributed by atoms with Crippen LogP contribution in [0, 0.1) is 5.92 Å². The van der Waals surface area contributed by atoms with E-state index in [-0.39, 0.29) is 29.7 Å². The molecule has 1 aliphatic rings. The molecule has 0 saturated heterocycles. The van der Waals surface area contributed by atoms with E-state index in [1.807, 2.05) is 0 Å². The van der Waals surface area contributed by atoms with Crippen LogP contribution in [0.3, 0.4) is 0 Å². The Bertz CT molecular complexity index is 1280. The van der Waals surface area contributed by atoms with Crippen LogP contribution < -0.4 is 25.4 Å². The summed E-state index contributed by atoms with van der Waals surface area (Å²) >= 11 is 0.